The van der Waals surface area contributed by atoms with E-state index in [-0.39, 0.29) is 11.0 Å². The van der Waals surface area contributed by atoms with Crippen LogP contribution in [0.4, 0.5) is 5.69 Å². The van der Waals surface area contributed by atoms with Crippen LogP contribution in [0.15, 0.2) is 54.6 Å². The van der Waals surface area contributed by atoms with Gasteiger partial charge in [0.05, 0.1) is 6.04 Å². The van der Waals surface area contributed by atoms with Gasteiger partial charge in [-0.1, -0.05) is 48.0 Å². The molecule has 114 valence electrons. The van der Waals surface area contributed by atoms with E-state index in [1.165, 1.54) is 0 Å². The lowest BCUT2D eigenvalue weighted by Crippen LogP contribution is -2.46. The Balaban J connectivity index is 1.85. The molecule has 2 aromatic rings. The van der Waals surface area contributed by atoms with E-state index < -0.39 is 6.04 Å². The van der Waals surface area contributed by atoms with Gasteiger partial charge in [0.2, 0.25) is 5.91 Å². The third-order valence-electron chi connectivity index (χ3n) is 3.18. The number of carbonyl (C=O) groups excluding carboxylic acids is 1. The standard InChI is InChI=1S/C17H19N3OS/c1-12-7-9-14(10-8-12)19-17(22)20-16(21)15(18)11-13-5-3-2-4-6-13/h2-10,15H,11,18H2,1H3,(H2,19,20,21,22)/t15-/m0/s1. The van der Waals surface area contributed by atoms with E-state index in [0.717, 1.165) is 16.8 Å². The number of amides is 1. The molecule has 5 heteroatoms. The number of rotatable bonds is 4. The smallest absolute Gasteiger partial charge is 0.243 e. The van der Waals surface area contributed by atoms with Crippen molar-refractivity contribution in [2.24, 2.45) is 5.73 Å². The minimum atomic E-state index is -0.639. The molecule has 0 aliphatic rings. The Morgan fingerprint density at radius 3 is 2.41 bits per heavy atom. The van der Waals surface area contributed by atoms with Crippen molar-refractivity contribution in [1.29, 1.82) is 0 Å². The van der Waals surface area contributed by atoms with E-state index in [1.807, 2.05) is 61.5 Å². The number of benzene rings is 2. The van der Waals surface area contributed by atoms with Gasteiger partial charge in [0.25, 0.3) is 0 Å². The molecule has 0 fully saturated rings. The topological polar surface area (TPSA) is 67.1 Å². The average Bonchev–Trinajstić information content (AvgIpc) is 2.50. The van der Waals surface area contributed by atoms with Gasteiger partial charge in [0, 0.05) is 5.69 Å². The Hall–Kier alpha value is -2.24. The third kappa shape index (κ3) is 4.95. The number of hydrogen-bond acceptors (Lipinski definition) is 3. The molecule has 0 saturated heterocycles. The van der Waals surface area contributed by atoms with Crippen LogP contribution in [0.25, 0.3) is 0 Å². The molecule has 0 aliphatic heterocycles. The lowest BCUT2D eigenvalue weighted by atomic mass is 10.1. The maximum Gasteiger partial charge on any atom is 0.243 e. The molecule has 0 aliphatic carbocycles. The van der Waals surface area contributed by atoms with Crippen LogP contribution in [-0.4, -0.2) is 17.1 Å². The van der Waals surface area contributed by atoms with Crippen molar-refractivity contribution in [3.05, 3.63) is 65.7 Å². The number of carbonyl (C=O) groups is 1. The van der Waals surface area contributed by atoms with E-state index in [4.69, 9.17) is 18.0 Å². The number of anilines is 1. The molecule has 2 rings (SSSR count). The minimum Gasteiger partial charge on any atom is -0.332 e. The second-order valence-corrected chi connectivity index (χ2v) is 5.51. The van der Waals surface area contributed by atoms with Crippen LogP contribution < -0.4 is 16.4 Å². The summed E-state index contributed by atoms with van der Waals surface area (Å²) in [7, 11) is 0. The first-order valence-corrected chi connectivity index (χ1v) is 7.43. The number of nitrogens with one attached hydrogen (secondary N) is 2. The summed E-state index contributed by atoms with van der Waals surface area (Å²) in [6, 6.07) is 16.7. The molecular weight excluding hydrogens is 294 g/mol. The SMILES string of the molecule is Cc1ccc(NC(=S)NC(=O)[C@@H](N)Cc2ccccc2)cc1. The molecule has 0 unspecified atom stereocenters. The zero-order chi connectivity index (χ0) is 15.9. The van der Waals surface area contributed by atoms with Crippen LogP contribution in [0.5, 0.6) is 0 Å². The van der Waals surface area contributed by atoms with Crippen molar-refractivity contribution in [2.75, 3.05) is 5.32 Å². The monoisotopic (exact) mass is 313 g/mol. The fourth-order valence-electron chi connectivity index (χ4n) is 1.96. The van der Waals surface area contributed by atoms with E-state index in [2.05, 4.69) is 10.6 Å². The number of hydrogen-bond donors (Lipinski definition) is 3. The van der Waals surface area contributed by atoms with Gasteiger partial charge < -0.3 is 16.4 Å². The first kappa shape index (κ1) is 16.1. The number of aryl methyl sites for hydroxylation is 1. The van der Waals surface area contributed by atoms with Gasteiger partial charge >= 0.3 is 0 Å². The Morgan fingerprint density at radius 2 is 1.77 bits per heavy atom. The average molecular weight is 313 g/mol. The molecule has 2 aromatic carbocycles. The molecule has 4 nitrogen and oxygen atoms in total. The maximum absolute atomic E-state index is 12.0. The van der Waals surface area contributed by atoms with Crippen molar-refractivity contribution in [3.8, 4) is 0 Å². The highest BCUT2D eigenvalue weighted by Crippen LogP contribution is 2.08. The predicted octanol–water partition coefficient (Wildman–Crippen LogP) is 2.38. The lowest BCUT2D eigenvalue weighted by Gasteiger charge is -2.14. The largest absolute Gasteiger partial charge is 0.332 e. The highest BCUT2D eigenvalue weighted by atomic mass is 32.1. The van der Waals surface area contributed by atoms with Crippen LogP contribution >= 0.6 is 12.2 Å². The third-order valence-corrected chi connectivity index (χ3v) is 3.39. The molecule has 0 heterocycles. The summed E-state index contributed by atoms with van der Waals surface area (Å²) >= 11 is 5.13. The number of thiocarbonyl (C=S) groups is 1. The molecule has 0 aromatic heterocycles. The summed E-state index contributed by atoms with van der Waals surface area (Å²) in [5.74, 6) is -0.298. The number of nitrogens with two attached hydrogens (primary N) is 1. The minimum absolute atomic E-state index is 0.248. The maximum atomic E-state index is 12.0. The second kappa shape index (κ2) is 7.68. The van der Waals surface area contributed by atoms with Crippen molar-refractivity contribution < 1.29 is 4.79 Å². The van der Waals surface area contributed by atoms with Crippen LogP contribution in [0.1, 0.15) is 11.1 Å². The van der Waals surface area contributed by atoms with Crippen molar-refractivity contribution >= 4 is 28.9 Å². The first-order valence-electron chi connectivity index (χ1n) is 7.02. The molecule has 0 spiro atoms. The Bertz CT molecular complexity index is 641. The zero-order valence-electron chi connectivity index (χ0n) is 12.4. The van der Waals surface area contributed by atoms with Crippen LogP contribution in [-0.2, 0) is 11.2 Å². The zero-order valence-corrected chi connectivity index (χ0v) is 13.2. The Morgan fingerprint density at radius 1 is 1.14 bits per heavy atom. The van der Waals surface area contributed by atoms with Gasteiger partial charge in [0.1, 0.15) is 0 Å². The van der Waals surface area contributed by atoms with Crippen molar-refractivity contribution in [2.45, 2.75) is 19.4 Å². The molecule has 0 saturated carbocycles. The van der Waals surface area contributed by atoms with Gasteiger partial charge in [-0.3, -0.25) is 4.79 Å². The van der Waals surface area contributed by atoms with Gasteiger partial charge in [-0.2, -0.15) is 0 Å². The lowest BCUT2D eigenvalue weighted by molar-refractivity contribution is -0.120. The molecule has 0 bridgehead atoms. The van der Waals surface area contributed by atoms with Crippen LogP contribution in [0, 0.1) is 6.92 Å². The van der Waals surface area contributed by atoms with E-state index in [0.29, 0.717) is 6.42 Å². The molecule has 1 atom stereocenters. The van der Waals surface area contributed by atoms with Crippen LogP contribution in [0.3, 0.4) is 0 Å². The van der Waals surface area contributed by atoms with Crippen LogP contribution in [0.2, 0.25) is 0 Å². The van der Waals surface area contributed by atoms with Crippen molar-refractivity contribution in [1.82, 2.24) is 5.32 Å². The molecule has 1 amide bonds. The van der Waals surface area contributed by atoms with E-state index in [1.54, 1.807) is 0 Å². The molecular formula is C17H19N3OS. The van der Waals surface area contributed by atoms with Crippen molar-refractivity contribution in [3.63, 3.8) is 0 Å². The Labute approximate surface area is 135 Å². The summed E-state index contributed by atoms with van der Waals surface area (Å²) in [5, 5.41) is 5.83. The summed E-state index contributed by atoms with van der Waals surface area (Å²) in [5.41, 5.74) is 8.91. The quantitative estimate of drug-likeness (QED) is 0.758. The predicted molar refractivity (Wildman–Crippen MR) is 93.7 cm³/mol. The van der Waals surface area contributed by atoms with E-state index >= 15 is 0 Å². The van der Waals surface area contributed by atoms with Gasteiger partial charge in [-0.25, -0.2) is 0 Å². The fraction of sp³-hybridized carbons (Fsp3) is 0.176. The van der Waals surface area contributed by atoms with Gasteiger partial charge in [-0.05, 0) is 43.3 Å². The first-order chi connectivity index (χ1) is 10.5. The summed E-state index contributed by atoms with van der Waals surface area (Å²) in [4.78, 5) is 12.0. The van der Waals surface area contributed by atoms with Gasteiger partial charge in [0.15, 0.2) is 5.11 Å². The summed E-state index contributed by atoms with van der Waals surface area (Å²) in [6.45, 7) is 2.01. The fourth-order valence-corrected chi connectivity index (χ4v) is 2.18. The molecule has 22 heavy (non-hydrogen) atoms. The summed E-state index contributed by atoms with van der Waals surface area (Å²) < 4.78 is 0. The summed E-state index contributed by atoms with van der Waals surface area (Å²) in [6.07, 6.45) is 0.472. The Kier molecular flexibility index (Phi) is 5.63. The highest BCUT2D eigenvalue weighted by molar-refractivity contribution is 7.80. The van der Waals surface area contributed by atoms with Gasteiger partial charge in [-0.15, -0.1) is 0 Å². The second-order valence-electron chi connectivity index (χ2n) is 5.11. The highest BCUT2D eigenvalue weighted by Gasteiger charge is 2.15. The normalized spacial score (nSPS) is 11.5. The van der Waals surface area contributed by atoms with E-state index in [9.17, 15) is 4.79 Å². The molecule has 4 N–H and O–H groups in total. The molecule has 0 radical (unpaired) electrons.